The molecule has 3 aromatic rings. The summed E-state index contributed by atoms with van der Waals surface area (Å²) in [4.78, 5) is 8.81. The first-order chi connectivity index (χ1) is 12.3. The monoisotopic (exact) mass is 332 g/mol. The topological polar surface area (TPSA) is 49.8 Å². The van der Waals surface area contributed by atoms with Gasteiger partial charge in [0.25, 0.3) is 0 Å². The lowest BCUT2D eigenvalue weighted by Crippen LogP contribution is -2.06. The van der Waals surface area contributed by atoms with Gasteiger partial charge in [0, 0.05) is 18.4 Å². The summed E-state index contributed by atoms with van der Waals surface area (Å²) < 4.78 is 0. The fourth-order valence-electron chi connectivity index (χ4n) is 2.62. The van der Waals surface area contributed by atoms with Gasteiger partial charge in [-0.1, -0.05) is 49.4 Å². The molecule has 0 fully saturated rings. The Kier molecular flexibility index (Phi) is 5.99. The largest absolute Gasteiger partial charge is 0.370 e. The van der Waals surface area contributed by atoms with Crippen molar-refractivity contribution in [1.29, 1.82) is 0 Å². The molecule has 2 N–H and O–H groups in total. The van der Waals surface area contributed by atoms with Gasteiger partial charge in [0.05, 0.1) is 0 Å². The highest BCUT2D eigenvalue weighted by Crippen LogP contribution is 2.15. The molecule has 1 heterocycles. The van der Waals surface area contributed by atoms with Crippen LogP contribution in [0.2, 0.25) is 0 Å². The minimum absolute atomic E-state index is 0.609. The van der Waals surface area contributed by atoms with Crippen molar-refractivity contribution in [3.05, 3.63) is 78.0 Å². The normalized spacial score (nSPS) is 10.4. The van der Waals surface area contributed by atoms with Crippen molar-refractivity contribution >= 4 is 17.5 Å². The number of nitrogens with zero attached hydrogens (tertiary/aromatic N) is 2. The Labute approximate surface area is 149 Å². The molecule has 0 saturated heterocycles. The van der Waals surface area contributed by atoms with Crippen molar-refractivity contribution < 1.29 is 0 Å². The van der Waals surface area contributed by atoms with E-state index in [1.54, 1.807) is 6.20 Å². The van der Waals surface area contributed by atoms with Crippen LogP contribution in [0, 0.1) is 0 Å². The van der Waals surface area contributed by atoms with Crippen LogP contribution in [0.5, 0.6) is 0 Å². The molecule has 25 heavy (non-hydrogen) atoms. The lowest BCUT2D eigenvalue weighted by Gasteiger charge is -2.09. The highest BCUT2D eigenvalue weighted by Gasteiger charge is 2.00. The Hall–Kier alpha value is -2.88. The number of rotatable bonds is 8. The summed E-state index contributed by atoms with van der Waals surface area (Å²) in [5, 5.41) is 6.62. The fraction of sp³-hybridized carbons (Fsp3) is 0.238. The van der Waals surface area contributed by atoms with E-state index in [2.05, 4.69) is 76.1 Å². The van der Waals surface area contributed by atoms with E-state index < -0.39 is 0 Å². The van der Waals surface area contributed by atoms with Gasteiger partial charge >= 0.3 is 0 Å². The lowest BCUT2D eigenvalue weighted by atomic mass is 10.1. The molecule has 3 rings (SSSR count). The van der Waals surface area contributed by atoms with Crippen LogP contribution in [-0.2, 0) is 12.8 Å². The Bertz CT molecular complexity index is 769. The van der Waals surface area contributed by atoms with Crippen LogP contribution in [0.25, 0.3) is 0 Å². The van der Waals surface area contributed by atoms with Gasteiger partial charge in [0.1, 0.15) is 5.82 Å². The first kappa shape index (κ1) is 17.0. The minimum atomic E-state index is 0.609. The highest BCUT2D eigenvalue weighted by atomic mass is 15.1. The molecule has 128 valence electrons. The summed E-state index contributed by atoms with van der Waals surface area (Å²) in [6.45, 7) is 3.04. The van der Waals surface area contributed by atoms with Crippen molar-refractivity contribution in [3.63, 3.8) is 0 Å². The highest BCUT2D eigenvalue weighted by molar-refractivity contribution is 5.55. The fourth-order valence-corrected chi connectivity index (χ4v) is 2.62. The van der Waals surface area contributed by atoms with E-state index in [1.807, 2.05) is 12.1 Å². The van der Waals surface area contributed by atoms with E-state index in [9.17, 15) is 0 Å². The maximum absolute atomic E-state index is 4.52. The summed E-state index contributed by atoms with van der Waals surface area (Å²) in [5.41, 5.74) is 3.68. The predicted molar refractivity (Wildman–Crippen MR) is 104 cm³/mol. The van der Waals surface area contributed by atoms with Crippen LogP contribution in [0.15, 0.2) is 66.9 Å². The quantitative estimate of drug-likeness (QED) is 0.580. The molecular formula is C21H24N4. The Morgan fingerprint density at radius 3 is 2.44 bits per heavy atom. The second-order valence-electron chi connectivity index (χ2n) is 5.96. The number of nitrogens with one attached hydrogen (secondary N) is 2. The second kappa shape index (κ2) is 8.83. The summed E-state index contributed by atoms with van der Waals surface area (Å²) in [6, 6.07) is 20.8. The van der Waals surface area contributed by atoms with Crippen molar-refractivity contribution in [2.75, 3.05) is 17.2 Å². The smallest absolute Gasteiger partial charge is 0.229 e. The molecule has 0 bridgehead atoms. The molecule has 0 unspecified atom stereocenters. The van der Waals surface area contributed by atoms with Gasteiger partial charge in [0.2, 0.25) is 5.95 Å². The van der Waals surface area contributed by atoms with Crippen LogP contribution < -0.4 is 10.6 Å². The van der Waals surface area contributed by atoms with Gasteiger partial charge in [-0.3, -0.25) is 0 Å². The predicted octanol–water partition coefficient (Wildman–Crippen LogP) is 4.83. The Morgan fingerprint density at radius 2 is 1.68 bits per heavy atom. The third-order valence-corrected chi connectivity index (χ3v) is 4.07. The van der Waals surface area contributed by atoms with Crippen molar-refractivity contribution in [3.8, 4) is 0 Å². The number of hydrogen-bond acceptors (Lipinski definition) is 4. The zero-order valence-corrected chi connectivity index (χ0v) is 14.6. The number of benzene rings is 2. The van der Waals surface area contributed by atoms with E-state index in [0.717, 1.165) is 37.3 Å². The van der Waals surface area contributed by atoms with Crippen LogP contribution >= 0.6 is 0 Å². The Morgan fingerprint density at radius 1 is 0.880 bits per heavy atom. The summed E-state index contributed by atoms with van der Waals surface area (Å²) in [7, 11) is 0. The number of hydrogen-bond donors (Lipinski definition) is 2. The zero-order chi connectivity index (χ0) is 17.3. The van der Waals surface area contributed by atoms with Gasteiger partial charge < -0.3 is 10.6 Å². The van der Waals surface area contributed by atoms with Gasteiger partial charge in [0.15, 0.2) is 0 Å². The zero-order valence-electron chi connectivity index (χ0n) is 14.6. The first-order valence-corrected chi connectivity index (χ1v) is 8.80. The molecule has 4 nitrogen and oxygen atoms in total. The molecule has 0 amide bonds. The minimum Gasteiger partial charge on any atom is -0.370 e. The SMILES string of the molecule is CCc1ccc(Nc2nccc(NCCCc3ccccc3)n2)cc1. The molecule has 0 aliphatic heterocycles. The van der Waals surface area contributed by atoms with Crippen LogP contribution in [0.1, 0.15) is 24.5 Å². The standard InChI is InChI=1S/C21H24N4/c1-2-17-10-12-19(13-11-17)24-21-23-16-14-20(25-21)22-15-6-9-18-7-4-3-5-8-18/h3-5,7-8,10-14,16H,2,6,9,15H2,1H3,(H2,22,23,24,25). The van der Waals surface area contributed by atoms with E-state index in [-0.39, 0.29) is 0 Å². The lowest BCUT2D eigenvalue weighted by molar-refractivity contribution is 0.858. The second-order valence-corrected chi connectivity index (χ2v) is 5.96. The van der Waals surface area contributed by atoms with E-state index in [4.69, 9.17) is 0 Å². The Balaban J connectivity index is 1.50. The van der Waals surface area contributed by atoms with E-state index >= 15 is 0 Å². The maximum Gasteiger partial charge on any atom is 0.229 e. The van der Waals surface area contributed by atoms with Gasteiger partial charge in [-0.15, -0.1) is 0 Å². The third kappa shape index (κ3) is 5.31. The van der Waals surface area contributed by atoms with Crippen molar-refractivity contribution in [2.24, 2.45) is 0 Å². The van der Waals surface area contributed by atoms with Crippen LogP contribution in [0.3, 0.4) is 0 Å². The van der Waals surface area contributed by atoms with Gasteiger partial charge in [-0.2, -0.15) is 4.98 Å². The average molecular weight is 332 g/mol. The van der Waals surface area contributed by atoms with Crippen molar-refractivity contribution in [2.45, 2.75) is 26.2 Å². The summed E-state index contributed by atoms with van der Waals surface area (Å²) >= 11 is 0. The average Bonchev–Trinajstić information content (AvgIpc) is 2.67. The number of aromatic nitrogens is 2. The third-order valence-electron chi connectivity index (χ3n) is 4.07. The molecule has 0 aliphatic rings. The first-order valence-electron chi connectivity index (χ1n) is 8.80. The van der Waals surface area contributed by atoms with Gasteiger partial charge in [-0.25, -0.2) is 4.98 Å². The number of aryl methyl sites for hydroxylation is 2. The molecule has 0 saturated carbocycles. The molecule has 0 spiro atoms. The van der Waals surface area contributed by atoms with Gasteiger partial charge in [-0.05, 0) is 48.6 Å². The molecule has 2 aromatic carbocycles. The molecule has 0 aliphatic carbocycles. The molecule has 0 radical (unpaired) electrons. The summed E-state index contributed by atoms with van der Waals surface area (Å²) in [5.74, 6) is 1.45. The summed E-state index contributed by atoms with van der Waals surface area (Å²) in [6.07, 6.45) is 4.94. The molecule has 4 heteroatoms. The van der Waals surface area contributed by atoms with E-state index in [0.29, 0.717) is 5.95 Å². The molecular weight excluding hydrogens is 308 g/mol. The number of anilines is 3. The molecule has 0 atom stereocenters. The maximum atomic E-state index is 4.52. The van der Waals surface area contributed by atoms with Crippen molar-refractivity contribution in [1.82, 2.24) is 9.97 Å². The van der Waals surface area contributed by atoms with Crippen LogP contribution in [-0.4, -0.2) is 16.5 Å². The van der Waals surface area contributed by atoms with Crippen LogP contribution in [0.4, 0.5) is 17.5 Å². The molecule has 1 aromatic heterocycles. The van der Waals surface area contributed by atoms with E-state index in [1.165, 1.54) is 11.1 Å².